The van der Waals surface area contributed by atoms with Crippen LogP contribution < -0.4 is 0 Å². The van der Waals surface area contributed by atoms with Gasteiger partial charge in [-0.1, -0.05) is 23.7 Å². The third-order valence-electron chi connectivity index (χ3n) is 2.76. The highest BCUT2D eigenvalue weighted by Gasteiger charge is 2.28. The first-order chi connectivity index (χ1) is 6.75. The molecule has 1 unspecified atom stereocenters. The summed E-state index contributed by atoms with van der Waals surface area (Å²) in [4.78, 5) is 0. The van der Waals surface area contributed by atoms with Crippen molar-refractivity contribution in [2.75, 3.05) is 0 Å². The maximum absolute atomic E-state index is 6.23. The fourth-order valence-electron chi connectivity index (χ4n) is 1.65. The number of halogens is 2. The Morgan fingerprint density at radius 1 is 1.21 bits per heavy atom. The summed E-state index contributed by atoms with van der Waals surface area (Å²) in [6.07, 6.45) is 4.82. The van der Waals surface area contributed by atoms with Gasteiger partial charge in [0, 0.05) is 10.4 Å². The highest BCUT2D eigenvalue weighted by atomic mass is 35.5. The topological polar surface area (TPSA) is 0 Å². The summed E-state index contributed by atoms with van der Waals surface area (Å²) in [6.45, 7) is 0. The van der Waals surface area contributed by atoms with E-state index in [0.29, 0.717) is 5.38 Å². The molecule has 1 atom stereocenters. The lowest BCUT2D eigenvalue weighted by molar-refractivity contribution is 0.676. The number of alkyl halides is 1. The normalized spacial score (nSPS) is 18.1. The Bertz CT molecular complexity index is 288. The summed E-state index contributed by atoms with van der Waals surface area (Å²) < 4.78 is 0. The van der Waals surface area contributed by atoms with Crippen molar-refractivity contribution < 1.29 is 0 Å². The molecule has 0 aromatic heterocycles. The summed E-state index contributed by atoms with van der Waals surface area (Å²) in [6, 6.07) is 8.05. The van der Waals surface area contributed by atoms with E-state index in [1.165, 1.54) is 18.4 Å². The molecular formula is C12H14Cl2. The molecule has 0 N–H and O–H groups in total. The summed E-state index contributed by atoms with van der Waals surface area (Å²) in [5, 5.41) is 1.18. The second kappa shape index (κ2) is 4.55. The molecule has 0 bridgehead atoms. The predicted molar refractivity (Wildman–Crippen MR) is 62.1 cm³/mol. The first kappa shape index (κ1) is 10.3. The Morgan fingerprint density at radius 2 is 1.86 bits per heavy atom. The smallest absolute Gasteiger partial charge is 0.0406 e. The molecule has 76 valence electrons. The molecule has 1 aromatic carbocycles. The fraction of sp³-hybridized carbons (Fsp3) is 0.500. The van der Waals surface area contributed by atoms with Gasteiger partial charge in [-0.2, -0.15) is 0 Å². The first-order valence-electron chi connectivity index (χ1n) is 5.14. The van der Waals surface area contributed by atoms with Crippen LogP contribution in [0, 0.1) is 5.92 Å². The molecular weight excluding hydrogens is 215 g/mol. The van der Waals surface area contributed by atoms with E-state index in [0.717, 1.165) is 23.8 Å². The number of rotatable bonds is 4. The zero-order chi connectivity index (χ0) is 9.97. The second-order valence-electron chi connectivity index (χ2n) is 4.02. The number of hydrogen-bond acceptors (Lipinski definition) is 0. The lowest BCUT2D eigenvalue weighted by Gasteiger charge is -2.07. The average Bonchev–Trinajstić information content (AvgIpc) is 3.00. The highest BCUT2D eigenvalue weighted by Crippen LogP contribution is 2.37. The Hall–Kier alpha value is -0.200. The van der Waals surface area contributed by atoms with Gasteiger partial charge in [0.1, 0.15) is 0 Å². The van der Waals surface area contributed by atoms with E-state index in [9.17, 15) is 0 Å². The van der Waals surface area contributed by atoms with Gasteiger partial charge in [-0.3, -0.25) is 0 Å². The minimum absolute atomic E-state index is 0.380. The van der Waals surface area contributed by atoms with E-state index in [1.807, 2.05) is 12.1 Å². The third kappa shape index (κ3) is 2.90. The van der Waals surface area contributed by atoms with Gasteiger partial charge >= 0.3 is 0 Å². The Morgan fingerprint density at radius 3 is 2.43 bits per heavy atom. The summed E-state index contributed by atoms with van der Waals surface area (Å²) in [7, 11) is 0. The Labute approximate surface area is 95.2 Å². The molecule has 1 aliphatic rings. The summed E-state index contributed by atoms with van der Waals surface area (Å²) >= 11 is 12.0. The van der Waals surface area contributed by atoms with E-state index < -0.39 is 0 Å². The van der Waals surface area contributed by atoms with Crippen molar-refractivity contribution >= 4 is 23.2 Å². The van der Waals surface area contributed by atoms with Crippen LogP contribution in [0.25, 0.3) is 0 Å². The predicted octanol–water partition coefficient (Wildman–Crippen LogP) is 4.29. The van der Waals surface area contributed by atoms with Gasteiger partial charge in [0.15, 0.2) is 0 Å². The van der Waals surface area contributed by atoms with Crippen LogP contribution >= 0.6 is 23.2 Å². The monoisotopic (exact) mass is 228 g/mol. The van der Waals surface area contributed by atoms with Crippen molar-refractivity contribution in [1.29, 1.82) is 0 Å². The van der Waals surface area contributed by atoms with Crippen molar-refractivity contribution in [3.8, 4) is 0 Å². The van der Waals surface area contributed by atoms with E-state index >= 15 is 0 Å². The van der Waals surface area contributed by atoms with Crippen LogP contribution in [0.5, 0.6) is 0 Å². The van der Waals surface area contributed by atoms with Gasteiger partial charge < -0.3 is 0 Å². The zero-order valence-corrected chi connectivity index (χ0v) is 9.56. The molecule has 14 heavy (non-hydrogen) atoms. The molecule has 0 heterocycles. The molecule has 0 saturated heterocycles. The molecule has 0 spiro atoms. The summed E-state index contributed by atoms with van der Waals surface area (Å²) in [5.74, 6) is 0.795. The van der Waals surface area contributed by atoms with Crippen LogP contribution in [-0.2, 0) is 6.42 Å². The SMILES string of the molecule is Clc1ccc(CCC(Cl)C2CC2)cc1. The molecule has 1 aromatic rings. The van der Waals surface area contributed by atoms with Crippen molar-refractivity contribution in [2.24, 2.45) is 5.92 Å². The largest absolute Gasteiger partial charge is 0.123 e. The van der Waals surface area contributed by atoms with Gasteiger partial charge in [-0.25, -0.2) is 0 Å². The average molecular weight is 229 g/mol. The molecule has 0 radical (unpaired) electrons. The van der Waals surface area contributed by atoms with Gasteiger partial charge in [-0.05, 0) is 49.3 Å². The standard InChI is InChI=1S/C12H14Cl2/c13-11-6-1-9(2-7-11)3-8-12(14)10-4-5-10/h1-2,6-7,10,12H,3-5,8H2. The van der Waals surface area contributed by atoms with E-state index in [1.54, 1.807) is 0 Å². The maximum atomic E-state index is 6.23. The highest BCUT2D eigenvalue weighted by molar-refractivity contribution is 6.30. The number of benzene rings is 1. The molecule has 2 heteroatoms. The molecule has 0 amide bonds. The van der Waals surface area contributed by atoms with Crippen LogP contribution in [-0.4, -0.2) is 5.38 Å². The van der Waals surface area contributed by atoms with Crippen LogP contribution in [0.1, 0.15) is 24.8 Å². The molecule has 1 aliphatic carbocycles. The van der Waals surface area contributed by atoms with Crippen molar-refractivity contribution in [1.82, 2.24) is 0 Å². The van der Waals surface area contributed by atoms with E-state index in [-0.39, 0.29) is 0 Å². The Balaban J connectivity index is 1.82. The molecule has 0 aliphatic heterocycles. The van der Waals surface area contributed by atoms with Gasteiger partial charge in [-0.15, -0.1) is 11.6 Å². The van der Waals surface area contributed by atoms with Crippen LogP contribution in [0.2, 0.25) is 5.02 Å². The molecule has 0 nitrogen and oxygen atoms in total. The van der Waals surface area contributed by atoms with Crippen molar-refractivity contribution in [3.63, 3.8) is 0 Å². The van der Waals surface area contributed by atoms with Gasteiger partial charge in [0.05, 0.1) is 0 Å². The molecule has 1 saturated carbocycles. The molecule has 1 fully saturated rings. The Kier molecular flexibility index (Phi) is 3.35. The van der Waals surface area contributed by atoms with E-state index in [2.05, 4.69) is 12.1 Å². The molecule has 2 rings (SSSR count). The van der Waals surface area contributed by atoms with Crippen molar-refractivity contribution in [3.05, 3.63) is 34.9 Å². The van der Waals surface area contributed by atoms with Gasteiger partial charge in [0.25, 0.3) is 0 Å². The third-order valence-corrected chi connectivity index (χ3v) is 3.58. The minimum Gasteiger partial charge on any atom is -0.123 e. The second-order valence-corrected chi connectivity index (χ2v) is 5.02. The fourth-order valence-corrected chi connectivity index (χ4v) is 2.14. The van der Waals surface area contributed by atoms with Gasteiger partial charge in [0.2, 0.25) is 0 Å². The number of aryl methyl sites for hydroxylation is 1. The lowest BCUT2D eigenvalue weighted by Crippen LogP contribution is -2.02. The summed E-state index contributed by atoms with van der Waals surface area (Å²) in [5.41, 5.74) is 1.33. The van der Waals surface area contributed by atoms with Crippen LogP contribution in [0.4, 0.5) is 0 Å². The zero-order valence-electron chi connectivity index (χ0n) is 8.05. The minimum atomic E-state index is 0.380. The van der Waals surface area contributed by atoms with Crippen LogP contribution in [0.3, 0.4) is 0 Å². The van der Waals surface area contributed by atoms with Crippen molar-refractivity contribution in [2.45, 2.75) is 31.1 Å². The van der Waals surface area contributed by atoms with Crippen LogP contribution in [0.15, 0.2) is 24.3 Å². The maximum Gasteiger partial charge on any atom is 0.0406 e. The quantitative estimate of drug-likeness (QED) is 0.675. The first-order valence-corrected chi connectivity index (χ1v) is 5.95. The number of hydrogen-bond donors (Lipinski definition) is 0. The lowest BCUT2D eigenvalue weighted by atomic mass is 10.1. The van der Waals surface area contributed by atoms with E-state index in [4.69, 9.17) is 23.2 Å².